The van der Waals surface area contributed by atoms with Crippen LogP contribution in [-0.2, 0) is 11.3 Å². The fourth-order valence-electron chi connectivity index (χ4n) is 4.63. The average Bonchev–Trinajstić information content (AvgIpc) is 3.12. The Kier molecular flexibility index (Phi) is 6.79. The number of carbonyl (C=O) groups is 2. The molecule has 0 bridgehead atoms. The molecule has 2 aliphatic heterocycles. The highest BCUT2D eigenvalue weighted by Crippen LogP contribution is 2.23. The molecule has 1 aromatic heterocycles. The molecule has 8 nitrogen and oxygen atoms in total. The Morgan fingerprint density at radius 2 is 1.84 bits per heavy atom. The lowest BCUT2D eigenvalue weighted by Gasteiger charge is -2.42. The van der Waals surface area contributed by atoms with Crippen molar-refractivity contribution in [1.82, 2.24) is 19.9 Å². The van der Waals surface area contributed by atoms with Crippen molar-refractivity contribution in [3.63, 3.8) is 0 Å². The number of hydrogen-bond acceptors (Lipinski definition) is 6. The van der Waals surface area contributed by atoms with Gasteiger partial charge in [0.1, 0.15) is 18.1 Å². The largest absolute Gasteiger partial charge is 0.494 e. The van der Waals surface area contributed by atoms with Crippen LogP contribution in [0.4, 0.5) is 0 Å². The Morgan fingerprint density at radius 1 is 1.12 bits per heavy atom. The van der Waals surface area contributed by atoms with Crippen molar-refractivity contribution in [2.45, 2.75) is 46.2 Å². The van der Waals surface area contributed by atoms with Gasteiger partial charge in [-0.05, 0) is 57.9 Å². The van der Waals surface area contributed by atoms with Gasteiger partial charge in [-0.1, -0.05) is 5.16 Å². The lowest BCUT2D eigenvalue weighted by Crippen LogP contribution is -2.57. The predicted molar refractivity (Wildman–Crippen MR) is 120 cm³/mol. The van der Waals surface area contributed by atoms with E-state index in [0.717, 1.165) is 49.7 Å². The zero-order valence-corrected chi connectivity index (χ0v) is 19.2. The molecule has 0 saturated carbocycles. The van der Waals surface area contributed by atoms with E-state index in [9.17, 15) is 9.59 Å². The molecule has 1 aromatic carbocycles. The lowest BCUT2D eigenvalue weighted by atomic mass is 10.0. The number of piperidine rings is 1. The molecule has 0 N–H and O–H groups in total. The summed E-state index contributed by atoms with van der Waals surface area (Å²) in [5.74, 6) is 1.56. The molecule has 0 aliphatic carbocycles. The van der Waals surface area contributed by atoms with Gasteiger partial charge in [-0.15, -0.1) is 0 Å². The molecule has 3 heterocycles. The molecule has 4 rings (SSSR count). The monoisotopic (exact) mass is 440 g/mol. The van der Waals surface area contributed by atoms with E-state index in [1.54, 1.807) is 29.2 Å². The number of benzene rings is 1. The minimum atomic E-state index is -0.102. The molecule has 0 spiro atoms. The SMILES string of the molecule is CCOc1ccc(C(=O)N2CCN(C3CCN(Cc4c(C)noc4C)CC3)C(=O)C2)cc1. The maximum absolute atomic E-state index is 12.9. The Bertz CT molecular complexity index is 928. The second-order valence-corrected chi connectivity index (χ2v) is 8.58. The van der Waals surface area contributed by atoms with Gasteiger partial charge in [-0.2, -0.15) is 0 Å². The summed E-state index contributed by atoms with van der Waals surface area (Å²) in [7, 11) is 0. The Morgan fingerprint density at radius 3 is 2.44 bits per heavy atom. The highest BCUT2D eigenvalue weighted by Gasteiger charge is 2.34. The van der Waals surface area contributed by atoms with E-state index < -0.39 is 0 Å². The number of ether oxygens (including phenoxy) is 1. The summed E-state index contributed by atoms with van der Waals surface area (Å²) in [4.78, 5) is 31.8. The number of nitrogens with zero attached hydrogens (tertiary/aromatic N) is 4. The third-order valence-electron chi connectivity index (χ3n) is 6.52. The second-order valence-electron chi connectivity index (χ2n) is 8.58. The highest BCUT2D eigenvalue weighted by atomic mass is 16.5. The van der Waals surface area contributed by atoms with Gasteiger partial charge in [0, 0.05) is 49.9 Å². The average molecular weight is 441 g/mol. The zero-order chi connectivity index (χ0) is 22.7. The van der Waals surface area contributed by atoms with Crippen LogP contribution in [0.2, 0.25) is 0 Å². The van der Waals surface area contributed by atoms with Crippen LogP contribution < -0.4 is 4.74 Å². The first kappa shape index (κ1) is 22.3. The lowest BCUT2D eigenvalue weighted by molar-refractivity contribution is -0.138. The summed E-state index contributed by atoms with van der Waals surface area (Å²) in [6.07, 6.45) is 1.89. The summed E-state index contributed by atoms with van der Waals surface area (Å²) in [5, 5.41) is 4.04. The number of carbonyl (C=O) groups excluding carboxylic acids is 2. The predicted octanol–water partition coefficient (Wildman–Crippen LogP) is 2.64. The number of aryl methyl sites for hydroxylation is 2. The van der Waals surface area contributed by atoms with Crippen molar-refractivity contribution < 1.29 is 18.8 Å². The molecule has 8 heteroatoms. The zero-order valence-electron chi connectivity index (χ0n) is 19.2. The van der Waals surface area contributed by atoms with Gasteiger partial charge in [-0.3, -0.25) is 14.5 Å². The molecular formula is C24H32N4O4. The van der Waals surface area contributed by atoms with Crippen LogP contribution in [0.25, 0.3) is 0 Å². The van der Waals surface area contributed by atoms with E-state index in [1.165, 1.54) is 5.56 Å². The number of amides is 2. The highest BCUT2D eigenvalue weighted by molar-refractivity contribution is 5.97. The molecule has 2 aliphatic rings. The first-order chi connectivity index (χ1) is 15.5. The number of likely N-dealkylation sites (tertiary alicyclic amines) is 1. The van der Waals surface area contributed by atoms with Crippen LogP contribution in [-0.4, -0.2) is 77.0 Å². The van der Waals surface area contributed by atoms with Crippen molar-refractivity contribution in [2.24, 2.45) is 0 Å². The number of aromatic nitrogens is 1. The van der Waals surface area contributed by atoms with Crippen LogP contribution in [0.1, 0.15) is 47.1 Å². The van der Waals surface area contributed by atoms with E-state index in [2.05, 4.69) is 10.1 Å². The minimum Gasteiger partial charge on any atom is -0.494 e. The summed E-state index contributed by atoms with van der Waals surface area (Å²) in [5.41, 5.74) is 2.70. The van der Waals surface area contributed by atoms with Gasteiger partial charge in [0.15, 0.2) is 0 Å². The first-order valence-corrected chi connectivity index (χ1v) is 11.4. The van der Waals surface area contributed by atoms with Gasteiger partial charge in [-0.25, -0.2) is 0 Å². The number of piperazine rings is 1. The van der Waals surface area contributed by atoms with E-state index in [4.69, 9.17) is 9.26 Å². The molecule has 2 fully saturated rings. The maximum atomic E-state index is 12.9. The normalized spacial score (nSPS) is 18.3. The summed E-state index contributed by atoms with van der Waals surface area (Å²) < 4.78 is 10.7. The van der Waals surface area contributed by atoms with E-state index >= 15 is 0 Å². The van der Waals surface area contributed by atoms with Gasteiger partial charge < -0.3 is 19.1 Å². The van der Waals surface area contributed by atoms with E-state index in [-0.39, 0.29) is 24.4 Å². The summed E-state index contributed by atoms with van der Waals surface area (Å²) in [6.45, 7) is 10.5. The van der Waals surface area contributed by atoms with Gasteiger partial charge in [0.05, 0.1) is 12.3 Å². The molecule has 2 aromatic rings. The van der Waals surface area contributed by atoms with Crippen LogP contribution in [0.15, 0.2) is 28.8 Å². The Balaban J connectivity index is 1.28. The van der Waals surface area contributed by atoms with E-state index in [0.29, 0.717) is 25.3 Å². The smallest absolute Gasteiger partial charge is 0.254 e. The van der Waals surface area contributed by atoms with Gasteiger partial charge in [0.25, 0.3) is 5.91 Å². The van der Waals surface area contributed by atoms with Crippen molar-refractivity contribution in [1.29, 1.82) is 0 Å². The standard InChI is InChI=1S/C24H32N4O4/c1-4-31-21-7-5-19(6-8-21)24(30)27-13-14-28(23(29)16-27)20-9-11-26(12-10-20)15-22-17(2)25-32-18(22)3/h5-8,20H,4,9-16H2,1-3H3. The van der Waals surface area contributed by atoms with Gasteiger partial charge >= 0.3 is 0 Å². The van der Waals surface area contributed by atoms with Crippen molar-refractivity contribution in [3.05, 3.63) is 46.8 Å². The molecule has 172 valence electrons. The van der Waals surface area contributed by atoms with Crippen LogP contribution in [0.3, 0.4) is 0 Å². The third kappa shape index (κ3) is 4.80. The Labute approximate surface area is 189 Å². The molecule has 0 radical (unpaired) electrons. The molecule has 0 unspecified atom stereocenters. The van der Waals surface area contributed by atoms with E-state index in [1.807, 2.05) is 25.7 Å². The van der Waals surface area contributed by atoms with Crippen molar-refractivity contribution in [3.8, 4) is 5.75 Å². The van der Waals surface area contributed by atoms with Crippen LogP contribution in [0, 0.1) is 13.8 Å². The molecule has 0 atom stereocenters. The molecular weight excluding hydrogens is 408 g/mol. The maximum Gasteiger partial charge on any atom is 0.254 e. The topological polar surface area (TPSA) is 79.1 Å². The van der Waals surface area contributed by atoms with Crippen LogP contribution in [0.5, 0.6) is 5.75 Å². The fourth-order valence-corrected chi connectivity index (χ4v) is 4.63. The number of hydrogen-bond donors (Lipinski definition) is 0. The van der Waals surface area contributed by atoms with Crippen molar-refractivity contribution >= 4 is 11.8 Å². The molecule has 32 heavy (non-hydrogen) atoms. The van der Waals surface area contributed by atoms with Crippen LogP contribution >= 0.6 is 0 Å². The Hall–Kier alpha value is -2.87. The van der Waals surface area contributed by atoms with Crippen molar-refractivity contribution in [2.75, 3.05) is 39.3 Å². The second kappa shape index (κ2) is 9.73. The number of rotatable bonds is 6. The first-order valence-electron chi connectivity index (χ1n) is 11.4. The third-order valence-corrected chi connectivity index (χ3v) is 6.52. The minimum absolute atomic E-state index is 0.0414. The quantitative estimate of drug-likeness (QED) is 0.687. The molecule has 2 saturated heterocycles. The fraction of sp³-hybridized carbons (Fsp3) is 0.542. The summed E-state index contributed by atoms with van der Waals surface area (Å²) in [6, 6.07) is 7.36. The summed E-state index contributed by atoms with van der Waals surface area (Å²) >= 11 is 0. The molecule has 2 amide bonds. The van der Waals surface area contributed by atoms with Gasteiger partial charge in [0.2, 0.25) is 5.91 Å².